The number of nitriles is 1. The van der Waals surface area contributed by atoms with Crippen LogP contribution < -0.4 is 5.32 Å². The zero-order chi connectivity index (χ0) is 14.4. The maximum Gasteiger partial charge on any atom is 0.109 e. The van der Waals surface area contributed by atoms with Crippen molar-refractivity contribution in [2.75, 3.05) is 19.8 Å². The molecule has 0 radical (unpaired) electrons. The molecule has 0 spiro atoms. The molecule has 2 aliphatic carbocycles. The number of rotatable bonds is 9. The fourth-order valence-corrected chi connectivity index (χ4v) is 3.17. The second kappa shape index (κ2) is 7.40. The molecule has 0 bridgehead atoms. The molecule has 2 rings (SSSR count). The minimum atomic E-state index is -0.284. The predicted octanol–water partition coefficient (Wildman–Crippen LogP) is 2.63. The highest BCUT2D eigenvalue weighted by Gasteiger charge is 2.45. The predicted molar refractivity (Wildman–Crippen MR) is 78.4 cm³/mol. The van der Waals surface area contributed by atoms with Crippen LogP contribution in [0, 0.1) is 17.2 Å². The molecule has 1 N–H and O–H groups in total. The maximum absolute atomic E-state index is 9.61. The molecule has 4 nitrogen and oxygen atoms in total. The first-order valence-corrected chi connectivity index (χ1v) is 8.08. The van der Waals surface area contributed by atoms with Crippen LogP contribution in [0.3, 0.4) is 0 Å². The lowest BCUT2D eigenvalue weighted by Crippen LogP contribution is -2.48. The Balaban J connectivity index is 1.74. The lowest BCUT2D eigenvalue weighted by molar-refractivity contribution is -0.00946. The zero-order valence-electron chi connectivity index (χ0n) is 12.9. The molecule has 2 fully saturated rings. The van der Waals surface area contributed by atoms with Crippen LogP contribution in [0.2, 0.25) is 0 Å². The van der Waals surface area contributed by atoms with Crippen LogP contribution in [0.4, 0.5) is 0 Å². The molecule has 3 atom stereocenters. The Morgan fingerprint density at radius 3 is 2.85 bits per heavy atom. The Labute approximate surface area is 122 Å². The Morgan fingerprint density at radius 2 is 2.20 bits per heavy atom. The van der Waals surface area contributed by atoms with E-state index in [1.165, 1.54) is 12.8 Å². The van der Waals surface area contributed by atoms with Crippen LogP contribution in [-0.4, -0.2) is 37.5 Å². The van der Waals surface area contributed by atoms with Crippen molar-refractivity contribution in [3.8, 4) is 6.07 Å². The fraction of sp³-hybridized carbons (Fsp3) is 0.938. The van der Waals surface area contributed by atoms with Gasteiger partial charge in [-0.3, -0.25) is 5.32 Å². The summed E-state index contributed by atoms with van der Waals surface area (Å²) in [5.74, 6) is 0.437. The molecular weight excluding hydrogens is 252 g/mol. The first-order chi connectivity index (χ1) is 9.70. The summed E-state index contributed by atoms with van der Waals surface area (Å²) in [6.45, 7) is 6.17. The van der Waals surface area contributed by atoms with Crippen LogP contribution in [0.25, 0.3) is 0 Å². The van der Waals surface area contributed by atoms with Gasteiger partial charge in [0.15, 0.2) is 0 Å². The van der Waals surface area contributed by atoms with E-state index in [4.69, 9.17) is 9.47 Å². The summed E-state index contributed by atoms with van der Waals surface area (Å²) < 4.78 is 11.2. The molecule has 0 aromatic heterocycles. The van der Waals surface area contributed by atoms with E-state index in [9.17, 15) is 5.26 Å². The number of ether oxygens (including phenoxy) is 2. The summed E-state index contributed by atoms with van der Waals surface area (Å²) in [4.78, 5) is 0. The summed E-state index contributed by atoms with van der Waals surface area (Å²) in [6, 6.07) is 3.17. The van der Waals surface area contributed by atoms with Gasteiger partial charge in [0.2, 0.25) is 0 Å². The molecule has 4 heteroatoms. The molecule has 114 valence electrons. The summed E-state index contributed by atoms with van der Waals surface area (Å²) in [5.41, 5.74) is -0.284. The monoisotopic (exact) mass is 280 g/mol. The van der Waals surface area contributed by atoms with Crippen molar-refractivity contribution in [3.05, 3.63) is 0 Å². The van der Waals surface area contributed by atoms with Crippen LogP contribution in [0.15, 0.2) is 0 Å². The molecule has 2 saturated carbocycles. The minimum Gasteiger partial charge on any atom is -0.379 e. The second-order valence-corrected chi connectivity index (χ2v) is 6.22. The summed E-state index contributed by atoms with van der Waals surface area (Å²) in [6.07, 6.45) is 6.89. The third-order valence-corrected chi connectivity index (χ3v) is 4.48. The average molecular weight is 280 g/mol. The van der Waals surface area contributed by atoms with Crippen LogP contribution in [-0.2, 0) is 9.47 Å². The van der Waals surface area contributed by atoms with Crippen molar-refractivity contribution in [1.29, 1.82) is 5.26 Å². The van der Waals surface area contributed by atoms with Crippen molar-refractivity contribution in [2.45, 2.75) is 70.1 Å². The van der Waals surface area contributed by atoms with Gasteiger partial charge in [-0.1, -0.05) is 6.42 Å². The van der Waals surface area contributed by atoms with Gasteiger partial charge in [0.05, 0.1) is 18.8 Å². The molecular formula is C16H28N2O2. The largest absolute Gasteiger partial charge is 0.379 e. The highest BCUT2D eigenvalue weighted by molar-refractivity contribution is 5.16. The number of hydrogen-bond acceptors (Lipinski definition) is 4. The van der Waals surface area contributed by atoms with E-state index in [1.807, 2.05) is 13.8 Å². The molecule has 0 aromatic rings. The van der Waals surface area contributed by atoms with Crippen molar-refractivity contribution in [2.24, 2.45) is 5.92 Å². The summed E-state index contributed by atoms with van der Waals surface area (Å²) in [5, 5.41) is 13.2. The number of nitrogens with zero attached hydrogens (tertiary/aromatic N) is 1. The van der Waals surface area contributed by atoms with Crippen LogP contribution in [0.5, 0.6) is 0 Å². The van der Waals surface area contributed by atoms with E-state index in [2.05, 4.69) is 11.4 Å². The number of nitrogens with one attached hydrogen (secondary N) is 1. The van der Waals surface area contributed by atoms with E-state index in [1.54, 1.807) is 0 Å². The zero-order valence-corrected chi connectivity index (χ0v) is 12.9. The second-order valence-electron chi connectivity index (χ2n) is 6.22. The van der Waals surface area contributed by atoms with Crippen molar-refractivity contribution in [1.82, 2.24) is 5.32 Å². The van der Waals surface area contributed by atoms with Crippen molar-refractivity contribution >= 4 is 0 Å². The normalized spacial score (nSPS) is 31.1. The highest BCUT2D eigenvalue weighted by Crippen LogP contribution is 2.40. The Kier molecular flexibility index (Phi) is 5.83. The van der Waals surface area contributed by atoms with Gasteiger partial charge >= 0.3 is 0 Å². The topological polar surface area (TPSA) is 54.3 Å². The minimum absolute atomic E-state index is 0.143. The molecule has 3 unspecified atom stereocenters. The molecule has 20 heavy (non-hydrogen) atoms. The molecule has 0 amide bonds. The SMILES string of the molecule is CCOCC(C)OCCC1CCCC1(C#N)NC1CC1. The quantitative estimate of drug-likeness (QED) is 0.705. The van der Waals surface area contributed by atoms with Gasteiger partial charge < -0.3 is 9.47 Å². The van der Waals surface area contributed by atoms with E-state index >= 15 is 0 Å². The standard InChI is InChI=1S/C16H28N2O2/c1-3-19-11-13(2)20-10-8-14-5-4-9-16(14,12-17)18-15-6-7-15/h13-15,18H,3-11H2,1-2H3. The van der Waals surface area contributed by atoms with E-state index in [-0.39, 0.29) is 11.6 Å². The Hall–Kier alpha value is -0.630. The van der Waals surface area contributed by atoms with E-state index < -0.39 is 0 Å². The van der Waals surface area contributed by atoms with Crippen molar-refractivity contribution < 1.29 is 9.47 Å². The summed E-state index contributed by atoms with van der Waals surface area (Å²) in [7, 11) is 0. The van der Waals surface area contributed by atoms with Gasteiger partial charge in [-0.05, 0) is 51.9 Å². The van der Waals surface area contributed by atoms with Crippen LogP contribution >= 0.6 is 0 Å². The fourth-order valence-electron chi connectivity index (χ4n) is 3.17. The van der Waals surface area contributed by atoms with Gasteiger partial charge in [-0.25, -0.2) is 0 Å². The maximum atomic E-state index is 9.61. The first-order valence-electron chi connectivity index (χ1n) is 8.08. The number of hydrogen-bond donors (Lipinski definition) is 1. The first kappa shape index (κ1) is 15.8. The molecule has 2 aliphatic rings. The van der Waals surface area contributed by atoms with Gasteiger partial charge in [0.25, 0.3) is 0 Å². The summed E-state index contributed by atoms with van der Waals surface area (Å²) >= 11 is 0. The Morgan fingerprint density at radius 1 is 1.40 bits per heavy atom. The smallest absolute Gasteiger partial charge is 0.109 e. The average Bonchev–Trinajstić information content (AvgIpc) is 3.17. The molecule has 0 aliphatic heterocycles. The van der Waals surface area contributed by atoms with Crippen LogP contribution in [0.1, 0.15) is 52.4 Å². The molecule has 0 aromatic carbocycles. The highest BCUT2D eigenvalue weighted by atomic mass is 16.5. The van der Waals surface area contributed by atoms with E-state index in [0.717, 1.165) is 38.9 Å². The van der Waals surface area contributed by atoms with Gasteiger partial charge in [0.1, 0.15) is 5.54 Å². The van der Waals surface area contributed by atoms with Gasteiger partial charge in [-0.15, -0.1) is 0 Å². The van der Waals surface area contributed by atoms with E-state index in [0.29, 0.717) is 18.6 Å². The van der Waals surface area contributed by atoms with Gasteiger partial charge in [-0.2, -0.15) is 5.26 Å². The Bertz CT molecular complexity index is 338. The lowest BCUT2D eigenvalue weighted by Gasteiger charge is -2.30. The van der Waals surface area contributed by atoms with Gasteiger partial charge in [0, 0.05) is 19.3 Å². The lowest BCUT2D eigenvalue weighted by atomic mass is 9.86. The van der Waals surface area contributed by atoms with Crippen molar-refractivity contribution in [3.63, 3.8) is 0 Å². The molecule has 0 saturated heterocycles. The molecule has 0 heterocycles. The third-order valence-electron chi connectivity index (χ3n) is 4.48. The third kappa shape index (κ3) is 4.18.